The fourth-order valence-electron chi connectivity index (χ4n) is 1.20. The molecule has 0 aromatic carbocycles. The molecular formula is C15H13O6Y-. The number of allylic oxidation sites excluding steroid dienone is 2. The van der Waals surface area contributed by atoms with Gasteiger partial charge in [-0.3, -0.25) is 4.79 Å². The molecule has 6 nitrogen and oxygen atoms in total. The summed E-state index contributed by atoms with van der Waals surface area (Å²) in [5, 5.41) is 17.2. The zero-order valence-electron chi connectivity index (χ0n) is 11.7. The van der Waals surface area contributed by atoms with Gasteiger partial charge in [0.05, 0.1) is 12.5 Å². The Hall–Kier alpha value is -1.92. The molecule has 2 rings (SSSR count). The molecule has 2 N–H and O–H groups in total. The minimum atomic E-state index is -0.408. The van der Waals surface area contributed by atoms with Crippen LogP contribution in [0.25, 0.3) is 5.76 Å². The van der Waals surface area contributed by atoms with Crippen molar-refractivity contribution < 1.29 is 61.3 Å². The first-order valence-electron chi connectivity index (χ1n) is 5.80. The number of ketones is 2. The number of rotatable bonds is 4. The Morgan fingerprint density at radius 2 is 1.68 bits per heavy atom. The van der Waals surface area contributed by atoms with E-state index in [9.17, 15) is 14.7 Å². The number of aliphatic hydroxyl groups is 2. The second-order valence-electron chi connectivity index (χ2n) is 3.73. The minimum Gasteiger partial charge on any atom is -0.607 e. The fraction of sp³-hybridized carbons (Fsp3) is 0.0667. The topological polar surface area (TPSA) is 101 Å². The standard InChI is InChI=1S/C11H8O4.C4H5O2.Y/c12-8(10-3-1-5-14-10)7-9(13)11-4-2-6-15-11;1-4(6)2-3-5;/h1-7,12H;2,5H,1H3;/q;-1;/b8-7-;;. The number of carbonyl (C=O) groups excluding carboxylic acids is 2. The van der Waals surface area contributed by atoms with Crippen LogP contribution in [-0.4, -0.2) is 21.8 Å². The summed E-state index contributed by atoms with van der Waals surface area (Å²) in [6.07, 6.45) is 6.41. The summed E-state index contributed by atoms with van der Waals surface area (Å²) in [5.41, 5.74) is 0. The normalized spacial score (nSPS) is 10.5. The van der Waals surface area contributed by atoms with Crippen molar-refractivity contribution in [1.82, 2.24) is 0 Å². The van der Waals surface area contributed by atoms with Crippen molar-refractivity contribution >= 4 is 17.3 Å². The van der Waals surface area contributed by atoms with Gasteiger partial charge in [0, 0.05) is 44.6 Å². The van der Waals surface area contributed by atoms with Gasteiger partial charge >= 0.3 is 0 Å². The third kappa shape index (κ3) is 7.20. The molecule has 0 aliphatic rings. The van der Waals surface area contributed by atoms with Crippen LogP contribution in [0.4, 0.5) is 0 Å². The fourth-order valence-corrected chi connectivity index (χ4v) is 1.20. The second kappa shape index (κ2) is 10.8. The Morgan fingerprint density at radius 1 is 1.14 bits per heavy atom. The van der Waals surface area contributed by atoms with Crippen molar-refractivity contribution in [2.75, 3.05) is 0 Å². The summed E-state index contributed by atoms with van der Waals surface area (Å²) in [7, 11) is 0. The van der Waals surface area contributed by atoms with Crippen LogP contribution in [0.1, 0.15) is 23.2 Å². The summed E-state index contributed by atoms with van der Waals surface area (Å²) >= 11 is 0. The molecule has 0 saturated carbocycles. The molecule has 0 amide bonds. The van der Waals surface area contributed by atoms with Gasteiger partial charge in [-0.05, 0) is 24.3 Å². The van der Waals surface area contributed by atoms with Gasteiger partial charge in [-0.25, -0.2) is 0 Å². The molecule has 0 saturated heterocycles. The summed E-state index contributed by atoms with van der Waals surface area (Å²) < 4.78 is 9.79. The van der Waals surface area contributed by atoms with Crippen molar-refractivity contribution in [3.63, 3.8) is 0 Å². The Kier molecular flexibility index (Phi) is 9.82. The predicted octanol–water partition coefficient (Wildman–Crippen LogP) is 3.10. The van der Waals surface area contributed by atoms with Gasteiger partial charge in [0.15, 0.2) is 17.3 Å². The van der Waals surface area contributed by atoms with E-state index in [2.05, 4.69) is 0 Å². The van der Waals surface area contributed by atoms with Gasteiger partial charge < -0.3 is 23.8 Å². The Labute approximate surface area is 152 Å². The molecule has 7 heteroatoms. The van der Waals surface area contributed by atoms with Crippen LogP contribution in [0.15, 0.2) is 57.8 Å². The Morgan fingerprint density at radius 3 is 2.05 bits per heavy atom. The van der Waals surface area contributed by atoms with Crippen molar-refractivity contribution in [3.05, 3.63) is 66.7 Å². The molecule has 0 aliphatic carbocycles. The van der Waals surface area contributed by atoms with Crippen LogP contribution in [-0.2, 0) is 37.5 Å². The van der Waals surface area contributed by atoms with E-state index in [-0.39, 0.29) is 55.8 Å². The molecule has 0 bridgehead atoms. The molecule has 0 spiro atoms. The van der Waals surface area contributed by atoms with Crippen LogP contribution in [0, 0.1) is 6.26 Å². The van der Waals surface area contributed by atoms with Gasteiger partial charge in [-0.2, -0.15) is 6.08 Å². The van der Waals surface area contributed by atoms with Crippen LogP contribution >= 0.6 is 0 Å². The SMILES string of the molecule is CC(=O)C=[C-]O.O=C(/C=C(\O)c1ccco1)c1ccco1.[Y]. The average Bonchev–Trinajstić information content (AvgIpc) is 3.13. The van der Waals surface area contributed by atoms with E-state index in [1.807, 2.05) is 0 Å². The third-order valence-corrected chi connectivity index (χ3v) is 2.07. The van der Waals surface area contributed by atoms with Crippen molar-refractivity contribution in [1.29, 1.82) is 0 Å². The first kappa shape index (κ1) is 20.1. The van der Waals surface area contributed by atoms with Crippen molar-refractivity contribution in [2.45, 2.75) is 6.92 Å². The first-order chi connectivity index (χ1) is 10.0. The van der Waals surface area contributed by atoms with E-state index in [1.54, 1.807) is 24.5 Å². The molecule has 113 valence electrons. The maximum atomic E-state index is 11.4. The molecule has 0 fully saturated rings. The summed E-state index contributed by atoms with van der Waals surface area (Å²) in [6.45, 7) is 1.34. The Balaban J connectivity index is 0.000000546. The van der Waals surface area contributed by atoms with Gasteiger partial charge in [-0.1, -0.05) is 13.2 Å². The minimum absolute atomic E-state index is 0. The van der Waals surface area contributed by atoms with E-state index in [0.29, 0.717) is 0 Å². The molecule has 2 aromatic rings. The second-order valence-corrected chi connectivity index (χ2v) is 3.73. The maximum Gasteiger partial charge on any atom is 0.224 e. The van der Waals surface area contributed by atoms with Gasteiger partial charge in [0.25, 0.3) is 0 Å². The summed E-state index contributed by atoms with van der Waals surface area (Å²) in [6, 6.07) is 6.30. The van der Waals surface area contributed by atoms with E-state index < -0.39 is 5.78 Å². The van der Waals surface area contributed by atoms with E-state index in [1.165, 1.54) is 25.5 Å². The largest absolute Gasteiger partial charge is 0.607 e. The molecule has 22 heavy (non-hydrogen) atoms. The Bertz CT molecular complexity index is 623. The van der Waals surface area contributed by atoms with Crippen molar-refractivity contribution in [2.24, 2.45) is 0 Å². The zero-order chi connectivity index (χ0) is 15.7. The van der Waals surface area contributed by atoms with Gasteiger partial charge in [0.2, 0.25) is 5.78 Å². The van der Waals surface area contributed by atoms with Crippen LogP contribution < -0.4 is 0 Å². The molecule has 0 aliphatic heterocycles. The number of carbonyl (C=O) groups is 2. The third-order valence-electron chi connectivity index (χ3n) is 2.07. The van der Waals surface area contributed by atoms with Crippen LogP contribution in [0.3, 0.4) is 0 Å². The molecule has 2 heterocycles. The first-order valence-corrected chi connectivity index (χ1v) is 5.80. The van der Waals surface area contributed by atoms with Crippen molar-refractivity contribution in [3.8, 4) is 0 Å². The van der Waals surface area contributed by atoms with Gasteiger partial charge in [0.1, 0.15) is 0 Å². The monoisotopic (exact) mass is 378 g/mol. The number of furan rings is 2. The predicted molar refractivity (Wildman–Crippen MR) is 73.5 cm³/mol. The molecule has 0 unspecified atom stereocenters. The average molecular weight is 378 g/mol. The molecule has 2 aromatic heterocycles. The molecule has 0 atom stereocenters. The molecular weight excluding hydrogens is 365 g/mol. The van der Waals surface area contributed by atoms with E-state index in [0.717, 1.165) is 12.2 Å². The smallest absolute Gasteiger partial charge is 0.224 e. The number of hydrogen-bond acceptors (Lipinski definition) is 6. The van der Waals surface area contributed by atoms with Gasteiger partial charge in [-0.15, -0.1) is 0 Å². The maximum absolute atomic E-state index is 11.4. The number of aliphatic hydroxyl groups excluding tert-OH is 2. The molecule has 1 radical (unpaired) electrons. The van der Waals surface area contributed by atoms with E-state index >= 15 is 0 Å². The quantitative estimate of drug-likeness (QED) is 0.367. The number of hydrogen-bond donors (Lipinski definition) is 2. The zero-order valence-corrected chi connectivity index (χ0v) is 14.6. The summed E-state index contributed by atoms with van der Waals surface area (Å²) in [5.74, 6) is -0.407. The summed E-state index contributed by atoms with van der Waals surface area (Å²) in [4.78, 5) is 21.2. The van der Waals surface area contributed by atoms with Crippen LogP contribution in [0.5, 0.6) is 0 Å². The van der Waals surface area contributed by atoms with Crippen LogP contribution in [0.2, 0.25) is 0 Å². The van der Waals surface area contributed by atoms with E-state index in [4.69, 9.17) is 13.9 Å².